The van der Waals surface area contributed by atoms with Crippen LogP contribution in [0.4, 0.5) is 5.69 Å². The number of hydrogen-bond donors (Lipinski definition) is 0. The Morgan fingerprint density at radius 1 is 0.973 bits per heavy atom. The summed E-state index contributed by atoms with van der Waals surface area (Å²) in [6.45, 7) is 26.9. The summed E-state index contributed by atoms with van der Waals surface area (Å²) in [6.07, 6.45) is 12.5. The normalized spacial score (nSPS) is 19.1. The molecule has 0 spiro atoms. The highest BCUT2D eigenvalue weighted by atomic mass is 79.9. The van der Waals surface area contributed by atoms with Gasteiger partial charge in [0, 0.05) is 23.2 Å². The minimum absolute atomic E-state index is 0.182. The van der Waals surface area contributed by atoms with Crippen LogP contribution in [0.1, 0.15) is 34.1 Å². The van der Waals surface area contributed by atoms with Crippen molar-refractivity contribution in [3.8, 4) is 0 Å². The van der Waals surface area contributed by atoms with Gasteiger partial charge >= 0.3 is 0 Å². The molecule has 0 radical (unpaired) electrons. The largest absolute Gasteiger partial charge is 0.474 e. The van der Waals surface area contributed by atoms with Gasteiger partial charge < -0.3 is 14.4 Å². The molecule has 3 rings (SSSR count). The van der Waals surface area contributed by atoms with E-state index < -0.39 is 0 Å². The zero-order chi connectivity index (χ0) is 27.4. The fourth-order valence-corrected chi connectivity index (χ4v) is 4.59. The van der Waals surface area contributed by atoms with Gasteiger partial charge in [-0.05, 0) is 68.8 Å². The summed E-state index contributed by atoms with van der Waals surface area (Å²) >= 11 is 3.53. The van der Waals surface area contributed by atoms with Crippen molar-refractivity contribution in [2.45, 2.75) is 46.2 Å². The van der Waals surface area contributed by atoms with Gasteiger partial charge in [-0.15, -0.1) is 0 Å². The van der Waals surface area contributed by atoms with Crippen LogP contribution in [-0.2, 0) is 9.47 Å². The third-order valence-corrected chi connectivity index (χ3v) is 6.49. The molecule has 6 heteroatoms. The minimum Gasteiger partial charge on any atom is -0.474 e. The minimum atomic E-state index is 0.182. The van der Waals surface area contributed by atoms with Gasteiger partial charge in [0.05, 0.1) is 12.1 Å². The van der Waals surface area contributed by atoms with Crippen molar-refractivity contribution in [3.63, 3.8) is 0 Å². The second-order valence-corrected chi connectivity index (χ2v) is 9.69. The first-order chi connectivity index (χ1) is 17.8. The van der Waals surface area contributed by atoms with Crippen LogP contribution in [0.5, 0.6) is 0 Å². The number of hydrazine groups is 1. The molecule has 1 aromatic rings. The maximum Gasteiger partial charge on any atom is 0.201 e. The van der Waals surface area contributed by atoms with Crippen molar-refractivity contribution >= 4 is 21.6 Å². The summed E-state index contributed by atoms with van der Waals surface area (Å²) in [5, 5.41) is 4.23. The molecular weight excluding hydrogens is 526 g/mol. The average Bonchev–Trinajstić information content (AvgIpc) is 3.18. The molecule has 2 atom stereocenters. The zero-order valence-electron chi connectivity index (χ0n) is 22.8. The van der Waals surface area contributed by atoms with E-state index in [0.29, 0.717) is 25.0 Å². The van der Waals surface area contributed by atoms with Crippen LogP contribution in [0.25, 0.3) is 0 Å². The van der Waals surface area contributed by atoms with E-state index in [-0.39, 0.29) is 12.1 Å². The smallest absolute Gasteiger partial charge is 0.201 e. The van der Waals surface area contributed by atoms with Crippen molar-refractivity contribution in [2.24, 2.45) is 0 Å². The summed E-state index contributed by atoms with van der Waals surface area (Å²) in [7, 11) is 0. The monoisotopic (exact) mass is 567 g/mol. The van der Waals surface area contributed by atoms with Crippen molar-refractivity contribution in [2.75, 3.05) is 31.2 Å². The van der Waals surface area contributed by atoms with Gasteiger partial charge in [-0.1, -0.05) is 79.4 Å². The molecule has 2 unspecified atom stereocenters. The Hall–Kier alpha value is -3.12. The molecule has 2 bridgehead atoms. The topological polar surface area (TPSA) is 28.2 Å². The van der Waals surface area contributed by atoms with Gasteiger partial charge in [-0.2, -0.15) is 0 Å². The fourth-order valence-electron chi connectivity index (χ4n) is 4.33. The van der Waals surface area contributed by atoms with Crippen molar-refractivity contribution < 1.29 is 9.47 Å². The summed E-state index contributed by atoms with van der Waals surface area (Å²) in [4.78, 5) is 2.40. The van der Waals surface area contributed by atoms with E-state index in [9.17, 15) is 0 Å². The van der Waals surface area contributed by atoms with Gasteiger partial charge in [0.2, 0.25) is 11.8 Å². The maximum absolute atomic E-state index is 6.14. The number of fused-ring (bicyclic) bond motifs is 2. The molecule has 0 saturated carbocycles. The highest BCUT2D eigenvalue weighted by Gasteiger charge is 2.47. The van der Waals surface area contributed by atoms with Gasteiger partial charge in [-0.25, -0.2) is 10.0 Å². The molecule has 0 N–H and O–H groups in total. The van der Waals surface area contributed by atoms with Gasteiger partial charge in [0.25, 0.3) is 0 Å². The van der Waals surface area contributed by atoms with E-state index in [0.717, 1.165) is 35.1 Å². The highest BCUT2D eigenvalue weighted by Crippen LogP contribution is 2.38. The second-order valence-electron chi connectivity index (χ2n) is 8.77. The van der Waals surface area contributed by atoms with Crippen LogP contribution in [0.2, 0.25) is 0 Å². The lowest BCUT2D eigenvalue weighted by Gasteiger charge is -2.36. The van der Waals surface area contributed by atoms with Crippen LogP contribution >= 0.6 is 15.9 Å². The molecule has 0 amide bonds. The zero-order valence-corrected chi connectivity index (χ0v) is 24.4. The molecule has 0 aromatic heterocycles. The molecule has 37 heavy (non-hydrogen) atoms. The lowest BCUT2D eigenvalue weighted by atomic mass is 10.0. The number of anilines is 1. The third-order valence-electron chi connectivity index (χ3n) is 5.96. The molecule has 2 aliphatic heterocycles. The van der Waals surface area contributed by atoms with Crippen molar-refractivity contribution in [1.29, 1.82) is 0 Å². The SMILES string of the molecule is C=C/C=C\C(=C)COC(=C)N1C2CC(CN(c3ccc(Br)cc3)C2)N1C(=C)OC/C(C)=C/C=C\C.CC. The van der Waals surface area contributed by atoms with Crippen LogP contribution in [0.15, 0.2) is 114 Å². The fraction of sp³-hybridized carbons (Fsp3) is 0.355. The molecule has 5 nitrogen and oxygen atoms in total. The number of ether oxygens (including phenoxy) is 2. The van der Waals surface area contributed by atoms with E-state index in [2.05, 4.69) is 81.4 Å². The number of benzene rings is 1. The summed E-state index contributed by atoms with van der Waals surface area (Å²) in [5.41, 5.74) is 3.15. The predicted octanol–water partition coefficient (Wildman–Crippen LogP) is 7.75. The summed E-state index contributed by atoms with van der Waals surface area (Å²) in [6, 6.07) is 8.81. The molecule has 200 valence electrons. The molecule has 2 saturated heterocycles. The Morgan fingerprint density at radius 3 is 2.08 bits per heavy atom. The Morgan fingerprint density at radius 2 is 1.54 bits per heavy atom. The molecule has 2 heterocycles. The highest BCUT2D eigenvalue weighted by molar-refractivity contribution is 9.10. The van der Waals surface area contributed by atoms with E-state index in [4.69, 9.17) is 9.47 Å². The standard InChI is InChI=1S/C29H36BrN3O2.C2H6/c1-7-9-11-22(3)20-34-24(5)32-28-17-29(19-31(18-28)27-15-13-26(30)14-16-27)33(32)25(6)35-21-23(4)12-10-8-2;1-2/h7-16,28-29H,1,3,5-6,17-21H2,2,4H3;1-2H3/b10-8-,11-9-,23-12+;. The lowest BCUT2D eigenvalue weighted by molar-refractivity contribution is -0.0541. The Kier molecular flexibility index (Phi) is 12.4. The number of allylic oxidation sites excluding steroid dienone is 5. The number of hydrogen-bond acceptors (Lipinski definition) is 5. The number of piperidine rings is 1. The van der Waals surface area contributed by atoms with E-state index in [1.54, 1.807) is 6.08 Å². The second kappa shape index (κ2) is 15.2. The van der Waals surface area contributed by atoms with Crippen LogP contribution in [0.3, 0.4) is 0 Å². The molecule has 0 aliphatic carbocycles. The summed E-state index contributed by atoms with van der Waals surface area (Å²) in [5.74, 6) is 1.16. The first kappa shape index (κ1) is 30.1. The van der Waals surface area contributed by atoms with Crippen LogP contribution in [-0.4, -0.2) is 48.4 Å². The lowest BCUT2D eigenvalue weighted by Crippen LogP contribution is -2.43. The van der Waals surface area contributed by atoms with Crippen molar-refractivity contribution in [1.82, 2.24) is 10.0 Å². The Bertz CT molecular complexity index is 1030. The van der Waals surface area contributed by atoms with Gasteiger partial charge in [0.15, 0.2) is 0 Å². The first-order valence-corrected chi connectivity index (χ1v) is 13.6. The Balaban J connectivity index is 0.00000235. The van der Waals surface area contributed by atoms with Crippen LogP contribution < -0.4 is 4.90 Å². The van der Waals surface area contributed by atoms with E-state index in [1.165, 1.54) is 5.69 Å². The van der Waals surface area contributed by atoms with Crippen molar-refractivity contribution in [3.05, 3.63) is 114 Å². The number of nitrogens with zero attached hydrogens (tertiary/aromatic N) is 3. The first-order valence-electron chi connectivity index (χ1n) is 12.8. The van der Waals surface area contributed by atoms with Gasteiger partial charge in [-0.3, -0.25) is 0 Å². The predicted molar refractivity (Wildman–Crippen MR) is 161 cm³/mol. The van der Waals surface area contributed by atoms with Gasteiger partial charge in [0.1, 0.15) is 13.2 Å². The summed E-state index contributed by atoms with van der Waals surface area (Å²) < 4.78 is 13.3. The molecular formula is C31H42BrN3O2. The van der Waals surface area contributed by atoms with E-state index >= 15 is 0 Å². The van der Waals surface area contributed by atoms with E-state index in [1.807, 2.05) is 58.1 Å². The molecule has 1 aromatic carbocycles. The number of halogens is 1. The molecule has 2 fully saturated rings. The Labute approximate surface area is 232 Å². The third kappa shape index (κ3) is 8.46. The average molecular weight is 569 g/mol. The maximum atomic E-state index is 6.14. The molecule has 2 aliphatic rings. The van der Waals surface area contributed by atoms with Crippen LogP contribution in [0, 0.1) is 0 Å². The quantitative estimate of drug-likeness (QED) is 0.190. The number of rotatable bonds is 12.